The lowest BCUT2D eigenvalue weighted by molar-refractivity contribution is -0.116. The maximum absolute atomic E-state index is 12.7. The Kier molecular flexibility index (Phi) is 6.47. The predicted octanol–water partition coefficient (Wildman–Crippen LogP) is 5.26. The summed E-state index contributed by atoms with van der Waals surface area (Å²) in [7, 11) is 0. The molecule has 1 amide bonds. The second-order valence-electron chi connectivity index (χ2n) is 6.50. The highest BCUT2D eigenvalue weighted by Gasteiger charge is 2.16. The van der Waals surface area contributed by atoms with Crippen LogP contribution in [0.4, 0.5) is 13.9 Å². The molecule has 0 atom stereocenters. The molecule has 0 saturated carbocycles. The second-order valence-corrected chi connectivity index (χ2v) is 8.22. The van der Waals surface area contributed by atoms with Crippen molar-refractivity contribution in [3.05, 3.63) is 59.7 Å². The Balaban J connectivity index is 1.52. The fraction of sp³-hybridized carbons (Fsp3) is 0.190. The van der Waals surface area contributed by atoms with Gasteiger partial charge in [-0.15, -0.1) is 11.3 Å². The topological polar surface area (TPSA) is 69.0 Å². The van der Waals surface area contributed by atoms with Gasteiger partial charge in [0.15, 0.2) is 5.13 Å². The molecule has 0 aliphatic rings. The summed E-state index contributed by atoms with van der Waals surface area (Å²) in [4.78, 5) is 21.7. The van der Waals surface area contributed by atoms with E-state index >= 15 is 0 Å². The SMILES string of the molecule is CSCc1nc2ccccc2n1CC(=O)Nc1nc(-c2ccccc2OC(F)F)cs1. The molecule has 0 radical (unpaired) electrons. The van der Waals surface area contributed by atoms with E-state index in [0.717, 1.165) is 16.9 Å². The number of imidazole rings is 1. The minimum Gasteiger partial charge on any atom is -0.434 e. The second kappa shape index (κ2) is 9.44. The summed E-state index contributed by atoms with van der Waals surface area (Å²) in [6.07, 6.45) is 1.98. The summed E-state index contributed by atoms with van der Waals surface area (Å²) in [6.45, 7) is -2.84. The number of ether oxygens (including phenoxy) is 1. The Morgan fingerprint density at radius 3 is 2.77 bits per heavy atom. The first kappa shape index (κ1) is 21.3. The minimum atomic E-state index is -2.93. The van der Waals surface area contributed by atoms with Crippen molar-refractivity contribution < 1.29 is 18.3 Å². The number of nitrogens with zero attached hydrogens (tertiary/aromatic N) is 3. The predicted molar refractivity (Wildman–Crippen MR) is 120 cm³/mol. The van der Waals surface area contributed by atoms with Crippen LogP contribution in [0.5, 0.6) is 5.75 Å². The molecule has 10 heteroatoms. The number of carbonyl (C=O) groups excluding carboxylic acids is 1. The highest BCUT2D eigenvalue weighted by atomic mass is 32.2. The van der Waals surface area contributed by atoms with E-state index in [1.165, 1.54) is 17.4 Å². The molecule has 1 N–H and O–H groups in total. The van der Waals surface area contributed by atoms with Gasteiger partial charge in [0.1, 0.15) is 18.1 Å². The lowest BCUT2D eigenvalue weighted by Gasteiger charge is -2.09. The highest BCUT2D eigenvalue weighted by molar-refractivity contribution is 7.97. The number of alkyl halides is 2. The molecule has 2 aromatic heterocycles. The first-order valence-corrected chi connectivity index (χ1v) is 11.5. The Bertz CT molecular complexity index is 1210. The molecule has 2 heterocycles. The third-order valence-corrected chi connectivity index (χ3v) is 5.74. The van der Waals surface area contributed by atoms with Gasteiger partial charge < -0.3 is 14.6 Å². The molecule has 0 aliphatic carbocycles. The molecular formula is C21H18F2N4O2S2. The van der Waals surface area contributed by atoms with Crippen molar-refractivity contribution in [1.82, 2.24) is 14.5 Å². The van der Waals surface area contributed by atoms with Crippen molar-refractivity contribution in [1.29, 1.82) is 0 Å². The van der Waals surface area contributed by atoms with Crippen LogP contribution in [0, 0.1) is 0 Å². The van der Waals surface area contributed by atoms with Gasteiger partial charge >= 0.3 is 6.61 Å². The molecular weight excluding hydrogens is 442 g/mol. The fourth-order valence-corrected chi connectivity index (χ4v) is 4.38. The number of para-hydroxylation sites is 3. The number of nitrogens with one attached hydrogen (secondary N) is 1. The van der Waals surface area contributed by atoms with Gasteiger partial charge in [0.25, 0.3) is 0 Å². The fourth-order valence-electron chi connectivity index (χ4n) is 3.18. The van der Waals surface area contributed by atoms with Crippen molar-refractivity contribution in [2.24, 2.45) is 0 Å². The largest absolute Gasteiger partial charge is 0.434 e. The normalized spacial score (nSPS) is 11.2. The van der Waals surface area contributed by atoms with Crippen LogP contribution < -0.4 is 10.1 Å². The van der Waals surface area contributed by atoms with Crippen molar-refractivity contribution in [2.45, 2.75) is 18.9 Å². The number of halogens is 2. The number of thiazole rings is 1. The van der Waals surface area contributed by atoms with E-state index in [2.05, 4.69) is 20.0 Å². The number of amides is 1. The van der Waals surface area contributed by atoms with E-state index < -0.39 is 6.61 Å². The number of hydrogen-bond donors (Lipinski definition) is 1. The smallest absolute Gasteiger partial charge is 0.387 e. The molecule has 160 valence electrons. The lowest BCUT2D eigenvalue weighted by Crippen LogP contribution is -2.20. The van der Waals surface area contributed by atoms with Gasteiger partial charge in [0.05, 0.1) is 22.5 Å². The number of fused-ring (bicyclic) bond motifs is 1. The van der Waals surface area contributed by atoms with Gasteiger partial charge in [-0.3, -0.25) is 4.79 Å². The summed E-state index contributed by atoms with van der Waals surface area (Å²) in [5, 5.41) is 4.86. The first-order chi connectivity index (χ1) is 15.0. The summed E-state index contributed by atoms with van der Waals surface area (Å²) in [5.41, 5.74) is 2.61. The molecule has 6 nitrogen and oxygen atoms in total. The standard InChI is InChI=1S/C21H18F2N4O2S2/c1-30-12-18-24-14-7-3-4-8-16(14)27(18)10-19(28)26-21-25-15(11-31-21)13-6-2-5-9-17(13)29-20(22)23/h2-9,11,20H,10,12H2,1H3,(H,25,26,28). The Hall–Kier alpha value is -2.98. The number of rotatable bonds is 8. The number of thioether (sulfide) groups is 1. The Labute approximate surface area is 185 Å². The van der Waals surface area contributed by atoms with Crippen molar-refractivity contribution in [2.75, 3.05) is 11.6 Å². The van der Waals surface area contributed by atoms with Crippen molar-refractivity contribution >= 4 is 45.2 Å². The number of carbonyl (C=O) groups is 1. The number of aromatic nitrogens is 3. The zero-order valence-corrected chi connectivity index (χ0v) is 18.1. The number of anilines is 1. The van der Waals surface area contributed by atoms with Crippen LogP contribution in [0.15, 0.2) is 53.9 Å². The molecule has 0 spiro atoms. The summed E-state index contributed by atoms with van der Waals surface area (Å²) in [5.74, 6) is 1.29. The van der Waals surface area contributed by atoms with E-state index in [0.29, 0.717) is 22.1 Å². The van der Waals surface area contributed by atoms with E-state index in [9.17, 15) is 13.6 Å². The summed E-state index contributed by atoms with van der Waals surface area (Å²) < 4.78 is 31.8. The molecule has 0 unspecified atom stereocenters. The lowest BCUT2D eigenvalue weighted by atomic mass is 10.1. The van der Waals surface area contributed by atoms with Crippen LogP contribution in [-0.4, -0.2) is 33.3 Å². The van der Waals surface area contributed by atoms with Crippen LogP contribution in [0.2, 0.25) is 0 Å². The van der Waals surface area contributed by atoms with Crippen LogP contribution in [0.1, 0.15) is 5.82 Å². The number of benzene rings is 2. The molecule has 0 saturated heterocycles. The van der Waals surface area contributed by atoms with Crippen LogP contribution in [0.25, 0.3) is 22.3 Å². The third-order valence-electron chi connectivity index (χ3n) is 4.44. The van der Waals surface area contributed by atoms with Gasteiger partial charge in [-0.1, -0.05) is 24.3 Å². The van der Waals surface area contributed by atoms with E-state index in [-0.39, 0.29) is 18.2 Å². The molecule has 4 aromatic rings. The van der Waals surface area contributed by atoms with E-state index in [4.69, 9.17) is 0 Å². The van der Waals surface area contributed by atoms with Crippen molar-refractivity contribution in [3.63, 3.8) is 0 Å². The maximum Gasteiger partial charge on any atom is 0.387 e. The van der Waals surface area contributed by atoms with Crippen LogP contribution >= 0.6 is 23.1 Å². The first-order valence-electron chi connectivity index (χ1n) is 9.28. The summed E-state index contributed by atoms with van der Waals surface area (Å²) in [6, 6.07) is 14.1. The van der Waals surface area contributed by atoms with Crippen molar-refractivity contribution in [3.8, 4) is 17.0 Å². The quantitative estimate of drug-likeness (QED) is 0.388. The minimum absolute atomic E-state index is 0.0345. The van der Waals surface area contributed by atoms with E-state index in [1.54, 1.807) is 35.3 Å². The zero-order chi connectivity index (χ0) is 21.8. The highest BCUT2D eigenvalue weighted by Crippen LogP contribution is 2.33. The van der Waals surface area contributed by atoms with Crippen LogP contribution in [0.3, 0.4) is 0 Å². The Morgan fingerprint density at radius 2 is 1.97 bits per heavy atom. The molecule has 0 bridgehead atoms. The van der Waals surface area contributed by atoms with Crippen LogP contribution in [-0.2, 0) is 17.1 Å². The third kappa shape index (κ3) is 4.86. The van der Waals surface area contributed by atoms with Gasteiger partial charge in [0.2, 0.25) is 5.91 Å². The molecule has 4 rings (SSSR count). The van der Waals surface area contributed by atoms with E-state index in [1.807, 2.05) is 35.1 Å². The zero-order valence-electron chi connectivity index (χ0n) is 16.4. The van der Waals surface area contributed by atoms with Gasteiger partial charge in [-0.25, -0.2) is 9.97 Å². The molecule has 2 aromatic carbocycles. The maximum atomic E-state index is 12.7. The molecule has 31 heavy (non-hydrogen) atoms. The average Bonchev–Trinajstić information content (AvgIpc) is 3.33. The number of hydrogen-bond acceptors (Lipinski definition) is 6. The average molecular weight is 461 g/mol. The molecule has 0 fully saturated rings. The molecule has 0 aliphatic heterocycles. The monoisotopic (exact) mass is 460 g/mol. The van der Waals surface area contributed by atoms with Gasteiger partial charge in [0, 0.05) is 10.9 Å². The summed E-state index contributed by atoms with van der Waals surface area (Å²) >= 11 is 2.85. The van der Waals surface area contributed by atoms with Gasteiger partial charge in [-0.05, 0) is 30.5 Å². The van der Waals surface area contributed by atoms with Gasteiger partial charge in [-0.2, -0.15) is 20.5 Å². The Morgan fingerprint density at radius 1 is 1.19 bits per heavy atom.